The topological polar surface area (TPSA) is 26.3 Å². The van der Waals surface area contributed by atoms with Crippen LogP contribution in [-0.4, -0.2) is 5.97 Å². The summed E-state index contributed by atoms with van der Waals surface area (Å²) >= 11 is 5.81. The summed E-state index contributed by atoms with van der Waals surface area (Å²) in [5.74, 6) is -0.0992. The van der Waals surface area contributed by atoms with E-state index >= 15 is 0 Å². The monoisotopic (exact) mass is 324 g/mol. The van der Waals surface area contributed by atoms with E-state index in [1.165, 1.54) is 44.9 Å². The van der Waals surface area contributed by atoms with Gasteiger partial charge < -0.3 is 4.74 Å². The molecule has 0 amide bonds. The number of halogens is 1. The molecule has 2 nitrogen and oxygen atoms in total. The van der Waals surface area contributed by atoms with Crippen molar-refractivity contribution < 1.29 is 9.53 Å². The smallest absolute Gasteiger partial charge is 0.306 e. The Morgan fingerprint density at radius 3 is 2.05 bits per heavy atom. The van der Waals surface area contributed by atoms with Crippen LogP contribution in [0.4, 0.5) is 0 Å². The second-order valence-electron chi connectivity index (χ2n) is 5.87. The van der Waals surface area contributed by atoms with E-state index < -0.39 is 0 Å². The van der Waals surface area contributed by atoms with Crippen LogP contribution in [0.15, 0.2) is 24.3 Å². The van der Waals surface area contributed by atoms with E-state index in [0.717, 1.165) is 18.4 Å². The number of hydrogen-bond acceptors (Lipinski definition) is 2. The molecule has 1 aromatic carbocycles. The molecule has 1 aromatic rings. The number of esters is 1. The van der Waals surface area contributed by atoms with E-state index in [-0.39, 0.29) is 5.97 Å². The highest BCUT2D eigenvalue weighted by atomic mass is 35.5. The van der Waals surface area contributed by atoms with Gasteiger partial charge in [-0.3, -0.25) is 4.79 Å². The van der Waals surface area contributed by atoms with Crippen LogP contribution in [0, 0.1) is 0 Å². The van der Waals surface area contributed by atoms with E-state index in [2.05, 4.69) is 6.92 Å². The van der Waals surface area contributed by atoms with Gasteiger partial charge in [-0.1, -0.05) is 82.0 Å². The molecular weight excluding hydrogens is 296 g/mol. The van der Waals surface area contributed by atoms with Gasteiger partial charge in [-0.2, -0.15) is 0 Å². The van der Waals surface area contributed by atoms with Crippen LogP contribution in [0.5, 0.6) is 0 Å². The molecule has 0 spiro atoms. The number of hydrogen-bond donors (Lipinski definition) is 0. The van der Waals surface area contributed by atoms with Crippen molar-refractivity contribution in [2.45, 2.75) is 77.7 Å². The predicted octanol–water partition coefficient (Wildman–Crippen LogP) is 6.30. The lowest BCUT2D eigenvalue weighted by atomic mass is 10.1. The number of benzene rings is 1. The first-order chi connectivity index (χ1) is 10.7. The highest BCUT2D eigenvalue weighted by Crippen LogP contribution is 2.12. The summed E-state index contributed by atoms with van der Waals surface area (Å²) in [5, 5.41) is 0.699. The van der Waals surface area contributed by atoms with Gasteiger partial charge in [-0.15, -0.1) is 0 Å². The first-order valence-electron chi connectivity index (χ1n) is 8.62. The van der Waals surface area contributed by atoms with Crippen molar-refractivity contribution in [2.24, 2.45) is 0 Å². The number of carbonyl (C=O) groups excluding carboxylic acids is 1. The maximum absolute atomic E-state index is 11.6. The van der Waals surface area contributed by atoms with Gasteiger partial charge in [-0.25, -0.2) is 0 Å². The van der Waals surface area contributed by atoms with Crippen molar-refractivity contribution in [1.82, 2.24) is 0 Å². The summed E-state index contributed by atoms with van der Waals surface area (Å²) < 4.78 is 5.26. The molecule has 0 atom stereocenters. The van der Waals surface area contributed by atoms with Crippen LogP contribution in [0.1, 0.15) is 76.7 Å². The van der Waals surface area contributed by atoms with E-state index in [9.17, 15) is 4.79 Å². The van der Waals surface area contributed by atoms with E-state index in [1.807, 2.05) is 24.3 Å². The summed E-state index contributed by atoms with van der Waals surface area (Å²) in [6.45, 7) is 2.58. The molecule has 0 N–H and O–H groups in total. The summed E-state index contributed by atoms with van der Waals surface area (Å²) in [6, 6.07) is 7.39. The van der Waals surface area contributed by atoms with E-state index in [4.69, 9.17) is 16.3 Å². The molecule has 0 heterocycles. The first-order valence-corrected chi connectivity index (χ1v) is 9.00. The minimum Gasteiger partial charge on any atom is -0.461 e. The van der Waals surface area contributed by atoms with E-state index in [1.54, 1.807) is 0 Å². The maximum Gasteiger partial charge on any atom is 0.306 e. The lowest BCUT2D eigenvalue weighted by Crippen LogP contribution is -2.04. The predicted molar refractivity (Wildman–Crippen MR) is 93.1 cm³/mol. The van der Waals surface area contributed by atoms with Gasteiger partial charge in [0.05, 0.1) is 0 Å². The first kappa shape index (κ1) is 19.0. The zero-order valence-electron chi connectivity index (χ0n) is 13.8. The molecule has 124 valence electrons. The molecular formula is C19H29ClO2. The fraction of sp³-hybridized carbons (Fsp3) is 0.632. The van der Waals surface area contributed by atoms with Crippen molar-refractivity contribution in [3.63, 3.8) is 0 Å². The van der Waals surface area contributed by atoms with Gasteiger partial charge in [0.1, 0.15) is 6.61 Å². The zero-order chi connectivity index (χ0) is 16.0. The van der Waals surface area contributed by atoms with E-state index in [0.29, 0.717) is 18.1 Å². The van der Waals surface area contributed by atoms with Gasteiger partial charge in [-0.05, 0) is 24.1 Å². The van der Waals surface area contributed by atoms with Gasteiger partial charge >= 0.3 is 5.97 Å². The Hall–Kier alpha value is -1.02. The number of ether oxygens (including phenoxy) is 1. The molecule has 0 aromatic heterocycles. The van der Waals surface area contributed by atoms with Gasteiger partial charge in [0.25, 0.3) is 0 Å². The molecule has 0 saturated carbocycles. The Balaban J connectivity index is 1.94. The molecule has 3 heteroatoms. The average molecular weight is 325 g/mol. The van der Waals surface area contributed by atoms with Crippen LogP contribution in [-0.2, 0) is 16.1 Å². The Bertz CT molecular complexity index is 400. The molecule has 0 unspecified atom stereocenters. The Morgan fingerprint density at radius 2 is 1.45 bits per heavy atom. The molecule has 0 radical (unpaired) electrons. The van der Waals surface area contributed by atoms with Gasteiger partial charge in [0.2, 0.25) is 0 Å². The van der Waals surface area contributed by atoms with Crippen LogP contribution in [0.25, 0.3) is 0 Å². The third-order valence-corrected chi connectivity index (χ3v) is 4.05. The summed E-state index contributed by atoms with van der Waals surface area (Å²) in [7, 11) is 0. The summed E-state index contributed by atoms with van der Waals surface area (Å²) in [6.07, 6.45) is 11.9. The Kier molecular flexibility index (Phi) is 10.8. The van der Waals surface area contributed by atoms with Crippen molar-refractivity contribution in [1.29, 1.82) is 0 Å². The SMILES string of the molecule is CCCCCCCCCCCC(=O)OCc1ccc(Cl)cc1. The minimum atomic E-state index is -0.0992. The third kappa shape index (κ3) is 9.83. The summed E-state index contributed by atoms with van der Waals surface area (Å²) in [4.78, 5) is 11.6. The van der Waals surface area contributed by atoms with Crippen molar-refractivity contribution in [2.75, 3.05) is 0 Å². The van der Waals surface area contributed by atoms with Crippen LogP contribution >= 0.6 is 11.6 Å². The second-order valence-corrected chi connectivity index (χ2v) is 6.30. The van der Waals surface area contributed by atoms with Crippen molar-refractivity contribution in [3.8, 4) is 0 Å². The quantitative estimate of drug-likeness (QED) is 0.333. The number of unbranched alkanes of at least 4 members (excludes halogenated alkanes) is 8. The zero-order valence-corrected chi connectivity index (χ0v) is 14.5. The average Bonchev–Trinajstić information content (AvgIpc) is 2.53. The lowest BCUT2D eigenvalue weighted by Gasteiger charge is -2.05. The third-order valence-electron chi connectivity index (χ3n) is 3.80. The highest BCUT2D eigenvalue weighted by molar-refractivity contribution is 6.30. The molecule has 1 rings (SSSR count). The standard InChI is InChI=1S/C19H29ClO2/c1-2-3-4-5-6-7-8-9-10-11-19(21)22-16-17-12-14-18(20)15-13-17/h12-15H,2-11,16H2,1H3. The molecule has 0 fully saturated rings. The molecule has 0 saturated heterocycles. The van der Waals surface area contributed by atoms with Crippen molar-refractivity contribution >= 4 is 17.6 Å². The molecule has 0 bridgehead atoms. The Morgan fingerprint density at radius 1 is 0.909 bits per heavy atom. The largest absolute Gasteiger partial charge is 0.461 e. The van der Waals surface area contributed by atoms with Gasteiger partial charge in [0.15, 0.2) is 0 Å². The summed E-state index contributed by atoms with van der Waals surface area (Å²) in [5.41, 5.74) is 0.977. The van der Waals surface area contributed by atoms with Crippen LogP contribution in [0.3, 0.4) is 0 Å². The van der Waals surface area contributed by atoms with Crippen LogP contribution in [0.2, 0.25) is 5.02 Å². The van der Waals surface area contributed by atoms with Gasteiger partial charge in [0, 0.05) is 11.4 Å². The second kappa shape index (κ2) is 12.5. The minimum absolute atomic E-state index is 0.0992. The maximum atomic E-state index is 11.6. The van der Waals surface area contributed by atoms with Crippen LogP contribution < -0.4 is 0 Å². The number of rotatable bonds is 12. The molecule has 22 heavy (non-hydrogen) atoms. The lowest BCUT2D eigenvalue weighted by molar-refractivity contribution is -0.145. The molecule has 0 aliphatic rings. The normalized spacial score (nSPS) is 10.6. The molecule has 0 aliphatic heterocycles. The highest BCUT2D eigenvalue weighted by Gasteiger charge is 2.03. The molecule has 0 aliphatic carbocycles. The van der Waals surface area contributed by atoms with Crippen molar-refractivity contribution in [3.05, 3.63) is 34.9 Å². The fourth-order valence-corrected chi connectivity index (χ4v) is 2.52. The fourth-order valence-electron chi connectivity index (χ4n) is 2.40. The Labute approximate surface area is 140 Å². The number of carbonyl (C=O) groups is 1.